The van der Waals surface area contributed by atoms with Crippen LogP contribution in [0.1, 0.15) is 25.5 Å². The Morgan fingerprint density at radius 1 is 1.44 bits per heavy atom. The van der Waals surface area contributed by atoms with E-state index in [2.05, 4.69) is 10.2 Å². The summed E-state index contributed by atoms with van der Waals surface area (Å²) in [6.07, 6.45) is 0. The van der Waals surface area contributed by atoms with Gasteiger partial charge in [0.15, 0.2) is 5.16 Å². The van der Waals surface area contributed by atoms with Crippen molar-refractivity contribution < 1.29 is 0 Å². The molecule has 0 radical (unpaired) electrons. The zero-order valence-electron chi connectivity index (χ0n) is 10.4. The molecule has 0 saturated carbocycles. The van der Waals surface area contributed by atoms with Gasteiger partial charge in [0.25, 0.3) is 0 Å². The van der Waals surface area contributed by atoms with Crippen LogP contribution in [0.4, 0.5) is 0 Å². The van der Waals surface area contributed by atoms with Gasteiger partial charge in [-0.3, -0.25) is 4.57 Å². The molecule has 0 aliphatic heterocycles. The Morgan fingerprint density at radius 2 is 2.11 bits per heavy atom. The molecule has 18 heavy (non-hydrogen) atoms. The van der Waals surface area contributed by atoms with Crippen LogP contribution in [0.15, 0.2) is 39.1 Å². The molecule has 0 aliphatic carbocycles. The Kier molecular flexibility index (Phi) is 3.88. The zero-order chi connectivity index (χ0) is 13.1. The van der Waals surface area contributed by atoms with Gasteiger partial charge in [0.1, 0.15) is 0 Å². The number of nitrogens with zero attached hydrogens (tertiary/aromatic N) is 2. The number of benzene rings is 1. The first-order valence-electron chi connectivity index (χ1n) is 5.80. The lowest BCUT2D eigenvalue weighted by molar-refractivity contribution is 0.660. The summed E-state index contributed by atoms with van der Waals surface area (Å²) < 4.78 is 1.60. The number of rotatable bonds is 4. The molecule has 0 fully saturated rings. The molecule has 0 amide bonds. The molecule has 1 atom stereocenters. The number of H-pyrrole nitrogens is 1. The highest BCUT2D eigenvalue weighted by Crippen LogP contribution is 2.25. The monoisotopic (exact) mass is 264 g/mol. The third-order valence-electron chi connectivity index (χ3n) is 2.65. The molecule has 1 aromatic carbocycles. The fraction of sp³-hybridized carbons (Fsp3) is 0.333. The van der Waals surface area contributed by atoms with Gasteiger partial charge in [-0.2, -0.15) is 0 Å². The second-order valence-corrected chi connectivity index (χ2v) is 5.06. The SMILES string of the molecule is CCn1c(Sc2ccc([C@H](C)N)cc2)n[nH]c1=O. The van der Waals surface area contributed by atoms with Crippen LogP contribution in [0.25, 0.3) is 0 Å². The van der Waals surface area contributed by atoms with Gasteiger partial charge in [-0.1, -0.05) is 12.1 Å². The molecule has 2 aromatic rings. The summed E-state index contributed by atoms with van der Waals surface area (Å²) in [4.78, 5) is 12.5. The maximum atomic E-state index is 11.4. The molecule has 0 bridgehead atoms. The van der Waals surface area contributed by atoms with Crippen LogP contribution in [0, 0.1) is 0 Å². The minimum atomic E-state index is -0.174. The minimum absolute atomic E-state index is 0.0308. The van der Waals surface area contributed by atoms with E-state index in [1.807, 2.05) is 38.1 Å². The Labute approximate surface area is 109 Å². The molecule has 5 nitrogen and oxygen atoms in total. The molecule has 1 aromatic heterocycles. The first-order valence-corrected chi connectivity index (χ1v) is 6.62. The first-order chi connectivity index (χ1) is 8.61. The first kappa shape index (κ1) is 12.9. The van der Waals surface area contributed by atoms with E-state index in [1.54, 1.807) is 4.57 Å². The highest BCUT2D eigenvalue weighted by molar-refractivity contribution is 7.99. The Bertz CT molecular complexity index is 571. The van der Waals surface area contributed by atoms with Crippen molar-refractivity contribution in [3.8, 4) is 0 Å². The number of hydrogen-bond acceptors (Lipinski definition) is 4. The van der Waals surface area contributed by atoms with Crippen molar-refractivity contribution in [2.24, 2.45) is 5.73 Å². The van der Waals surface area contributed by atoms with E-state index in [0.29, 0.717) is 11.7 Å². The van der Waals surface area contributed by atoms with E-state index in [0.717, 1.165) is 10.5 Å². The summed E-state index contributed by atoms with van der Waals surface area (Å²) in [7, 11) is 0. The van der Waals surface area contributed by atoms with E-state index < -0.39 is 0 Å². The van der Waals surface area contributed by atoms with Crippen LogP contribution < -0.4 is 11.4 Å². The molecule has 0 saturated heterocycles. The summed E-state index contributed by atoms with van der Waals surface area (Å²) in [6.45, 7) is 4.47. The fourth-order valence-electron chi connectivity index (χ4n) is 1.60. The van der Waals surface area contributed by atoms with Gasteiger partial charge in [-0.05, 0) is 43.3 Å². The number of nitrogens with one attached hydrogen (secondary N) is 1. The summed E-state index contributed by atoms with van der Waals surface area (Å²) in [5.41, 5.74) is 6.71. The molecular weight excluding hydrogens is 248 g/mol. The third kappa shape index (κ3) is 2.65. The van der Waals surface area contributed by atoms with Crippen molar-refractivity contribution >= 4 is 11.8 Å². The predicted octanol–water partition coefficient (Wildman–Crippen LogP) is 1.76. The van der Waals surface area contributed by atoms with Gasteiger partial charge >= 0.3 is 5.69 Å². The van der Waals surface area contributed by atoms with Crippen LogP contribution >= 0.6 is 11.8 Å². The number of hydrogen-bond donors (Lipinski definition) is 2. The molecular formula is C12H16N4OS. The Hall–Kier alpha value is -1.53. The number of nitrogens with two attached hydrogens (primary N) is 1. The average molecular weight is 264 g/mol. The normalized spacial score (nSPS) is 12.6. The van der Waals surface area contributed by atoms with Gasteiger partial charge in [0.05, 0.1) is 0 Å². The predicted molar refractivity (Wildman–Crippen MR) is 71.7 cm³/mol. The van der Waals surface area contributed by atoms with Gasteiger partial charge in [0.2, 0.25) is 0 Å². The van der Waals surface area contributed by atoms with E-state index in [9.17, 15) is 4.79 Å². The average Bonchev–Trinajstić information content (AvgIpc) is 2.70. The van der Waals surface area contributed by atoms with Crippen molar-refractivity contribution in [1.82, 2.24) is 14.8 Å². The zero-order valence-corrected chi connectivity index (χ0v) is 11.2. The lowest BCUT2D eigenvalue weighted by atomic mass is 10.1. The molecule has 96 valence electrons. The molecule has 0 spiro atoms. The number of aromatic amines is 1. The number of aromatic nitrogens is 3. The van der Waals surface area contributed by atoms with Gasteiger partial charge in [-0.25, -0.2) is 9.89 Å². The summed E-state index contributed by atoms with van der Waals surface area (Å²) in [5, 5.41) is 7.13. The van der Waals surface area contributed by atoms with E-state index in [4.69, 9.17) is 5.73 Å². The summed E-state index contributed by atoms with van der Waals surface area (Å²) in [5.74, 6) is 0. The van der Waals surface area contributed by atoms with Crippen LogP contribution in [0.5, 0.6) is 0 Å². The highest BCUT2D eigenvalue weighted by atomic mass is 32.2. The quantitative estimate of drug-likeness (QED) is 0.882. The molecule has 0 aliphatic rings. The molecule has 1 heterocycles. The van der Waals surface area contributed by atoms with Crippen LogP contribution in [-0.2, 0) is 6.54 Å². The second kappa shape index (κ2) is 5.41. The smallest absolute Gasteiger partial charge is 0.324 e. The topological polar surface area (TPSA) is 76.7 Å². The maximum absolute atomic E-state index is 11.4. The van der Waals surface area contributed by atoms with Crippen molar-refractivity contribution in [2.45, 2.75) is 36.5 Å². The summed E-state index contributed by atoms with van der Waals surface area (Å²) >= 11 is 1.46. The van der Waals surface area contributed by atoms with Gasteiger partial charge < -0.3 is 5.73 Å². The molecule has 3 N–H and O–H groups in total. The van der Waals surface area contributed by atoms with Gasteiger partial charge in [-0.15, -0.1) is 5.10 Å². The molecule has 6 heteroatoms. The van der Waals surface area contributed by atoms with E-state index >= 15 is 0 Å². The van der Waals surface area contributed by atoms with Gasteiger partial charge in [0, 0.05) is 17.5 Å². The van der Waals surface area contributed by atoms with Crippen molar-refractivity contribution in [2.75, 3.05) is 0 Å². The van der Waals surface area contributed by atoms with E-state index in [1.165, 1.54) is 11.8 Å². The highest BCUT2D eigenvalue weighted by Gasteiger charge is 2.08. The van der Waals surface area contributed by atoms with Crippen LogP contribution in [0.2, 0.25) is 0 Å². The van der Waals surface area contributed by atoms with Crippen molar-refractivity contribution in [1.29, 1.82) is 0 Å². The van der Waals surface area contributed by atoms with Crippen LogP contribution in [-0.4, -0.2) is 14.8 Å². The fourth-order valence-corrected chi connectivity index (χ4v) is 2.50. The standard InChI is InChI=1S/C12H16N4OS/c1-3-16-11(17)14-15-12(16)18-10-6-4-9(5-7-10)8(2)13/h4-8H,3,13H2,1-2H3,(H,14,17)/t8-/m0/s1. The van der Waals surface area contributed by atoms with Crippen molar-refractivity contribution in [3.63, 3.8) is 0 Å². The van der Waals surface area contributed by atoms with E-state index in [-0.39, 0.29) is 11.7 Å². The Balaban J connectivity index is 2.21. The molecule has 2 rings (SSSR count). The second-order valence-electron chi connectivity index (χ2n) is 4.02. The maximum Gasteiger partial charge on any atom is 0.343 e. The third-order valence-corrected chi connectivity index (χ3v) is 3.66. The minimum Gasteiger partial charge on any atom is -0.324 e. The molecule has 0 unspecified atom stereocenters. The largest absolute Gasteiger partial charge is 0.343 e. The Morgan fingerprint density at radius 3 is 2.67 bits per heavy atom. The lowest BCUT2D eigenvalue weighted by Gasteiger charge is -2.06. The van der Waals surface area contributed by atoms with Crippen molar-refractivity contribution in [3.05, 3.63) is 40.3 Å². The lowest BCUT2D eigenvalue weighted by Crippen LogP contribution is -2.15. The van der Waals surface area contributed by atoms with Crippen LogP contribution in [0.3, 0.4) is 0 Å². The summed E-state index contributed by atoms with van der Waals surface area (Å²) in [6, 6.07) is 8.00.